The fourth-order valence-electron chi connectivity index (χ4n) is 2.51. The van der Waals surface area contributed by atoms with Crippen LogP contribution in [0.1, 0.15) is 12.5 Å². The molecule has 0 aliphatic rings. The maximum absolute atomic E-state index is 13.1. The Morgan fingerprint density at radius 2 is 1.93 bits per heavy atom. The first-order valence-corrected chi connectivity index (χ1v) is 10.8. The molecular weight excluding hydrogens is 527 g/mol. The predicted octanol–water partition coefficient (Wildman–Crippen LogP) is 4.94. The van der Waals surface area contributed by atoms with Crippen LogP contribution in [0.15, 0.2) is 55.3 Å². The Kier molecular flexibility index (Phi) is 5.97. The van der Waals surface area contributed by atoms with Gasteiger partial charge in [0.25, 0.3) is 5.56 Å². The molecule has 1 unspecified atom stereocenters. The third kappa shape index (κ3) is 4.15. The van der Waals surface area contributed by atoms with E-state index in [9.17, 15) is 22.2 Å². The van der Waals surface area contributed by atoms with E-state index in [1.807, 2.05) is 0 Å². The van der Waals surface area contributed by atoms with Gasteiger partial charge in [0.1, 0.15) is 6.33 Å². The van der Waals surface area contributed by atoms with E-state index in [-0.39, 0.29) is 15.4 Å². The lowest BCUT2D eigenvalue weighted by Gasteiger charge is -2.15. The van der Waals surface area contributed by atoms with Gasteiger partial charge in [0.05, 0.1) is 37.8 Å². The van der Waals surface area contributed by atoms with E-state index in [1.54, 1.807) is 25.1 Å². The summed E-state index contributed by atoms with van der Waals surface area (Å²) in [5.74, 6) is 0.364. The van der Waals surface area contributed by atoms with Crippen LogP contribution in [0.4, 0.5) is 18.9 Å². The summed E-state index contributed by atoms with van der Waals surface area (Å²) in [6.45, 7) is 1.75. The first kappa shape index (κ1) is 21.0. The summed E-state index contributed by atoms with van der Waals surface area (Å²) in [7, 11) is -1.31. The largest absolute Gasteiger partial charge is 0.416 e. The van der Waals surface area contributed by atoms with Crippen LogP contribution in [-0.4, -0.2) is 19.6 Å². The molecule has 0 aliphatic carbocycles. The molecule has 0 spiro atoms. The average molecular weight is 539 g/mol. The summed E-state index contributed by atoms with van der Waals surface area (Å²) in [6.07, 6.45) is -3.44. The molecule has 1 aromatic heterocycles. The van der Waals surface area contributed by atoms with Crippen LogP contribution in [0.3, 0.4) is 0 Å². The van der Waals surface area contributed by atoms with Crippen molar-refractivity contribution in [1.82, 2.24) is 9.66 Å². The van der Waals surface area contributed by atoms with Crippen LogP contribution in [0.25, 0.3) is 10.9 Å². The van der Waals surface area contributed by atoms with Crippen molar-refractivity contribution in [2.45, 2.75) is 18.0 Å². The molecule has 148 valence electrons. The minimum absolute atomic E-state index is 0.0665. The van der Waals surface area contributed by atoms with E-state index in [1.165, 1.54) is 6.33 Å². The zero-order chi connectivity index (χ0) is 20.6. The number of hydrogen-bond donors (Lipinski definition) is 1. The van der Waals surface area contributed by atoms with Crippen molar-refractivity contribution < 1.29 is 17.4 Å². The van der Waals surface area contributed by atoms with Gasteiger partial charge in [-0.2, -0.15) is 13.2 Å². The lowest BCUT2D eigenvalue weighted by Crippen LogP contribution is -2.27. The van der Waals surface area contributed by atoms with Gasteiger partial charge in [0, 0.05) is 14.7 Å². The van der Waals surface area contributed by atoms with Crippen molar-refractivity contribution in [3.63, 3.8) is 0 Å². The van der Waals surface area contributed by atoms with Crippen molar-refractivity contribution in [2.75, 3.05) is 11.2 Å². The van der Waals surface area contributed by atoms with Gasteiger partial charge >= 0.3 is 6.18 Å². The second kappa shape index (κ2) is 7.96. The van der Waals surface area contributed by atoms with Gasteiger partial charge in [-0.1, -0.05) is 22.9 Å². The Balaban J connectivity index is 2.16. The van der Waals surface area contributed by atoms with Crippen LogP contribution in [-0.2, 0) is 17.0 Å². The molecule has 3 aromatic rings. The van der Waals surface area contributed by atoms with Crippen LogP contribution in [0.5, 0.6) is 0 Å². The highest BCUT2D eigenvalue weighted by Crippen LogP contribution is 2.33. The van der Waals surface area contributed by atoms with Crippen molar-refractivity contribution in [1.29, 1.82) is 0 Å². The fourth-order valence-corrected chi connectivity index (χ4v) is 4.31. The normalized spacial score (nSPS) is 12.9. The third-order valence-corrected chi connectivity index (χ3v) is 6.30. The lowest BCUT2D eigenvalue weighted by molar-refractivity contribution is -0.137. The number of nitrogens with one attached hydrogen (secondary N) is 1. The molecule has 3 rings (SSSR count). The van der Waals surface area contributed by atoms with Gasteiger partial charge in [-0.3, -0.25) is 14.4 Å². The lowest BCUT2D eigenvalue weighted by atomic mass is 10.1. The predicted molar refractivity (Wildman–Crippen MR) is 109 cm³/mol. The van der Waals surface area contributed by atoms with Gasteiger partial charge in [0.15, 0.2) is 0 Å². The number of alkyl halides is 3. The molecule has 1 N–H and O–H groups in total. The number of benzene rings is 2. The van der Waals surface area contributed by atoms with E-state index >= 15 is 0 Å². The second-order valence-electron chi connectivity index (χ2n) is 5.66. The van der Waals surface area contributed by atoms with Crippen molar-refractivity contribution in [3.05, 3.63) is 61.5 Å². The first-order chi connectivity index (χ1) is 13.1. The summed E-state index contributed by atoms with van der Waals surface area (Å²) in [5.41, 5.74) is 1.60. The average Bonchev–Trinajstić information content (AvgIpc) is 2.63. The summed E-state index contributed by atoms with van der Waals surface area (Å²) >= 11 is 6.34. The molecular formula is C17H12Br2F3N3O2S. The van der Waals surface area contributed by atoms with E-state index in [0.29, 0.717) is 20.8 Å². The van der Waals surface area contributed by atoms with Crippen molar-refractivity contribution in [3.8, 4) is 0 Å². The number of aromatic nitrogens is 2. The fraction of sp³-hybridized carbons (Fsp3) is 0.176. The quantitative estimate of drug-likeness (QED) is 0.511. The zero-order valence-corrected chi connectivity index (χ0v) is 18.2. The van der Waals surface area contributed by atoms with Gasteiger partial charge in [-0.05, 0) is 46.3 Å². The molecule has 5 nitrogen and oxygen atoms in total. The zero-order valence-electron chi connectivity index (χ0n) is 14.2. The van der Waals surface area contributed by atoms with Crippen LogP contribution < -0.4 is 11.0 Å². The monoisotopic (exact) mass is 537 g/mol. The highest BCUT2D eigenvalue weighted by atomic mass is 79.9. The van der Waals surface area contributed by atoms with Gasteiger partial charge in [-0.15, -0.1) is 0 Å². The van der Waals surface area contributed by atoms with Gasteiger partial charge in [0.2, 0.25) is 0 Å². The summed E-state index contributed by atoms with van der Waals surface area (Å²) in [6, 6.07) is 6.62. The third-order valence-electron chi connectivity index (χ3n) is 3.83. The number of fused-ring (bicyclic) bond motifs is 1. The number of nitrogens with zero attached hydrogens (tertiary/aromatic N) is 2. The first-order valence-electron chi connectivity index (χ1n) is 7.85. The number of halogens is 5. The summed E-state index contributed by atoms with van der Waals surface area (Å²) in [4.78, 5) is 17.3. The Morgan fingerprint density at radius 3 is 2.57 bits per heavy atom. The minimum atomic E-state index is -4.60. The Bertz CT molecular complexity index is 1150. The molecule has 1 heterocycles. The standard InChI is InChI=1S/C17H12Br2F3N3O2S/c1-2-28(27)14-4-3-10(18)7-13(14)24-25-8-23-15-11(16(25)26)5-9(6-12(15)19)17(20,21)22/h3-8,24H,2H2,1H3. The van der Waals surface area contributed by atoms with Crippen molar-refractivity contribution in [2.24, 2.45) is 0 Å². The molecule has 0 aliphatic heterocycles. The highest BCUT2D eigenvalue weighted by Gasteiger charge is 2.31. The Labute approximate surface area is 176 Å². The molecule has 2 aromatic carbocycles. The minimum Gasteiger partial charge on any atom is -0.289 e. The van der Waals surface area contributed by atoms with E-state index in [0.717, 1.165) is 16.8 Å². The number of anilines is 1. The molecule has 0 amide bonds. The van der Waals surface area contributed by atoms with Crippen LogP contribution in [0, 0.1) is 0 Å². The maximum atomic E-state index is 13.1. The molecule has 0 saturated carbocycles. The molecule has 0 saturated heterocycles. The summed E-state index contributed by atoms with van der Waals surface area (Å²) < 4.78 is 53.2. The SMILES string of the molecule is CCS(=O)c1ccc(Br)cc1Nn1cnc2c(Br)cc(C(F)(F)F)cc2c1=O. The number of hydrogen-bond acceptors (Lipinski definition) is 4. The van der Waals surface area contributed by atoms with Crippen molar-refractivity contribution >= 4 is 59.2 Å². The van der Waals surface area contributed by atoms with Crippen LogP contribution in [0.2, 0.25) is 0 Å². The second-order valence-corrected chi connectivity index (χ2v) is 9.14. The number of rotatable bonds is 4. The highest BCUT2D eigenvalue weighted by molar-refractivity contribution is 9.11. The summed E-state index contributed by atoms with van der Waals surface area (Å²) in [5, 5.41) is -0.204. The topological polar surface area (TPSA) is 64.0 Å². The molecule has 0 bridgehead atoms. The van der Waals surface area contributed by atoms with E-state index < -0.39 is 28.1 Å². The van der Waals surface area contributed by atoms with Gasteiger partial charge in [-0.25, -0.2) is 9.66 Å². The molecule has 11 heteroatoms. The maximum Gasteiger partial charge on any atom is 0.416 e. The Hall–Kier alpha value is -1.72. The molecule has 1 atom stereocenters. The smallest absolute Gasteiger partial charge is 0.289 e. The van der Waals surface area contributed by atoms with E-state index in [2.05, 4.69) is 42.3 Å². The molecule has 28 heavy (non-hydrogen) atoms. The molecule has 0 fully saturated rings. The molecule has 0 radical (unpaired) electrons. The van der Waals surface area contributed by atoms with Crippen LogP contribution >= 0.6 is 31.9 Å². The van der Waals surface area contributed by atoms with Gasteiger partial charge < -0.3 is 0 Å². The Morgan fingerprint density at radius 1 is 1.21 bits per heavy atom. The van der Waals surface area contributed by atoms with E-state index in [4.69, 9.17) is 0 Å².